The predicted molar refractivity (Wildman–Crippen MR) is 207 cm³/mol. The third-order valence-electron chi connectivity index (χ3n) is 9.95. The van der Waals surface area contributed by atoms with Crippen molar-refractivity contribution in [3.63, 3.8) is 0 Å². The molecule has 1 heterocycles. The molecule has 1 atom stereocenters. The largest absolute Gasteiger partial charge is 0.480 e. The van der Waals surface area contributed by atoms with Crippen molar-refractivity contribution in [1.82, 2.24) is 29.4 Å². The molecule has 0 saturated carbocycles. The summed E-state index contributed by atoms with van der Waals surface area (Å²) in [5.41, 5.74) is -0.965. The van der Waals surface area contributed by atoms with Gasteiger partial charge < -0.3 is 35.0 Å². The predicted octanol–water partition coefficient (Wildman–Crippen LogP) is 1.79. The molecule has 1 aliphatic rings. The van der Waals surface area contributed by atoms with Crippen LogP contribution in [-0.2, 0) is 33.5 Å². The summed E-state index contributed by atoms with van der Waals surface area (Å²) >= 11 is 0. The fourth-order valence-corrected chi connectivity index (χ4v) is 6.99. The average molecular weight is 787 g/mol. The number of carboxylic acid groups (broad SMARTS) is 4. The number of carbonyl (C=O) groups is 6. The van der Waals surface area contributed by atoms with E-state index in [1.165, 1.54) is 0 Å². The Morgan fingerprint density at radius 2 is 1.11 bits per heavy atom. The SMILES string of the molecule is CCCCCC(=O)N(CC)C(C)(C)COCC(C)(C)CN(CC)C(=O)CCC(C(=O)O)N1CCN(CC(=O)O)CCN(CC(=O)O)CCN(CC(=O)O)CC1. The standard InChI is InChI=1S/C38H70N6O11/c1-8-11-12-13-32(46)44(10-3)38(6,7)29-55-28-37(4,5)27-42(9-2)31(45)15-14-30(36(53)54)43-22-20-40(25-34(49)50)18-16-39(24-33(47)48)17-19-41(21-23-43)26-35(51)52/h30H,8-29H2,1-7H3,(H,47,48)(H,49,50)(H,51,52)(H,53,54). The monoisotopic (exact) mass is 787 g/mol. The number of hydrogen-bond acceptors (Lipinski definition) is 11. The molecule has 0 bridgehead atoms. The number of unbranched alkanes of at least 4 members (excludes halogenated alkanes) is 2. The number of carbonyl (C=O) groups excluding carboxylic acids is 2. The molecule has 0 spiro atoms. The van der Waals surface area contributed by atoms with Gasteiger partial charge in [0, 0.05) is 90.2 Å². The van der Waals surface area contributed by atoms with E-state index in [1.54, 1.807) is 24.5 Å². The molecule has 0 aromatic rings. The highest BCUT2D eigenvalue weighted by Gasteiger charge is 2.33. The quantitative estimate of drug-likeness (QED) is 0.103. The van der Waals surface area contributed by atoms with Crippen LogP contribution in [-0.4, -0.2) is 202 Å². The zero-order valence-electron chi connectivity index (χ0n) is 34.5. The molecule has 17 heteroatoms. The van der Waals surface area contributed by atoms with Crippen molar-refractivity contribution in [3.05, 3.63) is 0 Å². The lowest BCUT2D eigenvalue weighted by Crippen LogP contribution is -2.52. The second kappa shape index (κ2) is 25.0. The molecular weight excluding hydrogens is 716 g/mol. The molecule has 17 nitrogen and oxygen atoms in total. The lowest BCUT2D eigenvalue weighted by Gasteiger charge is -2.39. The normalized spacial score (nSPS) is 16.8. The van der Waals surface area contributed by atoms with Gasteiger partial charge in [0.1, 0.15) is 6.04 Å². The Morgan fingerprint density at radius 3 is 1.51 bits per heavy atom. The van der Waals surface area contributed by atoms with Gasteiger partial charge in [0.25, 0.3) is 0 Å². The second-order valence-electron chi connectivity index (χ2n) is 15.9. The summed E-state index contributed by atoms with van der Waals surface area (Å²) in [6.45, 7) is 16.4. The van der Waals surface area contributed by atoms with Crippen LogP contribution in [0.15, 0.2) is 0 Å². The van der Waals surface area contributed by atoms with Gasteiger partial charge in [-0.1, -0.05) is 33.6 Å². The molecule has 1 saturated heterocycles. The van der Waals surface area contributed by atoms with Gasteiger partial charge in [0.05, 0.1) is 38.4 Å². The Kier molecular flexibility index (Phi) is 22.6. The van der Waals surface area contributed by atoms with Crippen LogP contribution < -0.4 is 0 Å². The number of nitrogens with zero attached hydrogens (tertiary/aromatic N) is 6. The lowest BCUT2D eigenvalue weighted by atomic mass is 9.93. The minimum atomic E-state index is -1.15. The summed E-state index contributed by atoms with van der Waals surface area (Å²) in [5, 5.41) is 38.8. The first kappa shape index (κ1) is 49.6. The molecule has 318 valence electrons. The van der Waals surface area contributed by atoms with Gasteiger partial charge in [-0.3, -0.25) is 48.4 Å². The fourth-order valence-electron chi connectivity index (χ4n) is 6.99. The van der Waals surface area contributed by atoms with Crippen molar-refractivity contribution in [2.75, 3.05) is 105 Å². The van der Waals surface area contributed by atoms with E-state index in [4.69, 9.17) is 4.74 Å². The Bertz CT molecular complexity index is 1200. The number of hydrogen-bond donors (Lipinski definition) is 4. The highest BCUT2D eigenvalue weighted by Crippen LogP contribution is 2.23. The van der Waals surface area contributed by atoms with Gasteiger partial charge in [-0.05, 0) is 40.5 Å². The summed E-state index contributed by atoms with van der Waals surface area (Å²) in [7, 11) is 0. The average Bonchev–Trinajstić information content (AvgIpc) is 3.07. The third-order valence-corrected chi connectivity index (χ3v) is 9.95. The first-order chi connectivity index (χ1) is 25.7. The number of aliphatic carboxylic acids is 4. The van der Waals surface area contributed by atoms with Gasteiger partial charge in [0.15, 0.2) is 0 Å². The Labute approximate surface area is 327 Å². The lowest BCUT2D eigenvalue weighted by molar-refractivity contribution is -0.146. The number of ether oxygens (including phenoxy) is 1. The summed E-state index contributed by atoms with van der Waals surface area (Å²) in [6.07, 6.45) is 3.34. The van der Waals surface area contributed by atoms with Crippen molar-refractivity contribution < 1.29 is 53.9 Å². The zero-order chi connectivity index (χ0) is 41.8. The smallest absolute Gasteiger partial charge is 0.320 e. The summed E-state index contributed by atoms with van der Waals surface area (Å²) in [6, 6.07) is -1.10. The van der Waals surface area contributed by atoms with Gasteiger partial charge in [-0.15, -0.1) is 0 Å². The Morgan fingerprint density at radius 1 is 0.636 bits per heavy atom. The fraction of sp³-hybridized carbons (Fsp3) is 0.842. The molecule has 4 N–H and O–H groups in total. The van der Waals surface area contributed by atoms with Gasteiger partial charge in [0.2, 0.25) is 11.8 Å². The van der Waals surface area contributed by atoms with Crippen LogP contribution in [0.1, 0.15) is 87.0 Å². The maximum Gasteiger partial charge on any atom is 0.320 e. The third kappa shape index (κ3) is 19.9. The van der Waals surface area contributed by atoms with Crippen molar-refractivity contribution in [2.45, 2.75) is 98.6 Å². The minimum Gasteiger partial charge on any atom is -0.480 e. The maximum absolute atomic E-state index is 13.6. The molecule has 0 radical (unpaired) electrons. The van der Waals surface area contributed by atoms with Crippen molar-refractivity contribution in [1.29, 1.82) is 0 Å². The van der Waals surface area contributed by atoms with Crippen LogP contribution in [0.3, 0.4) is 0 Å². The van der Waals surface area contributed by atoms with E-state index in [0.29, 0.717) is 39.3 Å². The molecule has 1 unspecified atom stereocenters. The maximum atomic E-state index is 13.6. The topological polar surface area (TPSA) is 212 Å². The van der Waals surface area contributed by atoms with Crippen LogP contribution in [0.25, 0.3) is 0 Å². The van der Waals surface area contributed by atoms with E-state index < -0.39 is 40.9 Å². The summed E-state index contributed by atoms with van der Waals surface area (Å²) in [5.74, 6) is -4.47. The molecule has 0 aliphatic carbocycles. The number of amides is 2. The highest BCUT2D eigenvalue weighted by atomic mass is 16.5. The number of carboxylic acids is 4. The van der Waals surface area contributed by atoms with E-state index in [1.807, 2.05) is 46.4 Å². The van der Waals surface area contributed by atoms with Crippen LogP contribution in [0.5, 0.6) is 0 Å². The van der Waals surface area contributed by atoms with Gasteiger partial charge in [-0.25, -0.2) is 0 Å². The van der Waals surface area contributed by atoms with E-state index in [0.717, 1.165) is 19.3 Å². The molecule has 1 aliphatic heterocycles. The Hall–Kier alpha value is -3.38. The van der Waals surface area contributed by atoms with E-state index >= 15 is 0 Å². The molecule has 0 aromatic heterocycles. The van der Waals surface area contributed by atoms with Crippen molar-refractivity contribution in [2.24, 2.45) is 5.41 Å². The molecule has 2 amide bonds. The summed E-state index contributed by atoms with van der Waals surface area (Å²) < 4.78 is 6.18. The van der Waals surface area contributed by atoms with Crippen LogP contribution in [0.2, 0.25) is 0 Å². The molecule has 1 fully saturated rings. The molecular formula is C38H70N6O11. The zero-order valence-corrected chi connectivity index (χ0v) is 34.5. The first-order valence-corrected chi connectivity index (χ1v) is 19.7. The van der Waals surface area contributed by atoms with E-state index in [9.17, 15) is 49.2 Å². The van der Waals surface area contributed by atoms with Crippen molar-refractivity contribution in [3.8, 4) is 0 Å². The number of likely N-dealkylation sites (N-methyl/N-ethyl adjacent to an activating group) is 1. The minimum absolute atomic E-state index is 0.0147. The van der Waals surface area contributed by atoms with Crippen LogP contribution in [0, 0.1) is 5.41 Å². The van der Waals surface area contributed by atoms with Crippen LogP contribution in [0.4, 0.5) is 0 Å². The first-order valence-electron chi connectivity index (χ1n) is 19.7. The second-order valence-corrected chi connectivity index (χ2v) is 15.9. The van der Waals surface area contributed by atoms with Gasteiger partial charge >= 0.3 is 23.9 Å². The Balaban J connectivity index is 3.04. The highest BCUT2D eigenvalue weighted by molar-refractivity contribution is 5.79. The van der Waals surface area contributed by atoms with Gasteiger partial charge in [-0.2, -0.15) is 0 Å². The van der Waals surface area contributed by atoms with E-state index in [-0.39, 0.29) is 96.6 Å². The molecule has 1 rings (SSSR count). The van der Waals surface area contributed by atoms with Crippen LogP contribution >= 0.6 is 0 Å². The summed E-state index contributed by atoms with van der Waals surface area (Å²) in [4.78, 5) is 84.1. The molecule has 0 aromatic carbocycles. The van der Waals surface area contributed by atoms with E-state index in [2.05, 4.69) is 6.92 Å². The number of rotatable bonds is 24. The molecule has 55 heavy (non-hydrogen) atoms. The van der Waals surface area contributed by atoms with Crippen molar-refractivity contribution >= 4 is 35.7 Å².